The molecule has 0 spiro atoms. The monoisotopic (exact) mass is 285 g/mol. The SMILES string of the molecule is C1=NCCO1.C1CNCCN1.c1ccc2ccccc2c1. The predicted octanol–water partition coefficient (Wildman–Crippen LogP) is 2.06. The van der Waals surface area contributed by atoms with Gasteiger partial charge in [0.05, 0.1) is 6.54 Å². The molecular weight excluding hydrogens is 262 g/mol. The lowest BCUT2D eigenvalue weighted by Gasteiger charge is -2.11. The van der Waals surface area contributed by atoms with E-state index < -0.39 is 0 Å². The smallest absolute Gasteiger partial charge is 0.169 e. The highest BCUT2D eigenvalue weighted by Gasteiger charge is 1.91. The summed E-state index contributed by atoms with van der Waals surface area (Å²) in [5.41, 5.74) is 0. The van der Waals surface area contributed by atoms with Crippen LogP contribution in [0.25, 0.3) is 10.8 Å². The first kappa shape index (κ1) is 15.5. The lowest BCUT2D eigenvalue weighted by molar-refractivity contribution is 0.361. The van der Waals surface area contributed by atoms with Crippen molar-refractivity contribution >= 4 is 17.2 Å². The van der Waals surface area contributed by atoms with Crippen LogP contribution >= 0.6 is 0 Å². The van der Waals surface area contributed by atoms with Crippen molar-refractivity contribution in [1.29, 1.82) is 0 Å². The average Bonchev–Trinajstić information content (AvgIpc) is 3.17. The zero-order valence-electron chi connectivity index (χ0n) is 12.3. The first-order valence-corrected chi connectivity index (χ1v) is 7.42. The molecule has 21 heavy (non-hydrogen) atoms. The van der Waals surface area contributed by atoms with Crippen molar-refractivity contribution in [1.82, 2.24) is 10.6 Å². The standard InChI is InChI=1S/C10H8.C4H10N2.C3H5NO/c1-2-6-10-8-4-3-7-9(10)5-1;1-2-6-4-3-5-1;1-2-5-3-4-1/h1-8H;5-6H,1-4H2;3H,1-2H2. The van der Waals surface area contributed by atoms with Crippen LogP contribution in [-0.4, -0.2) is 45.7 Å². The van der Waals surface area contributed by atoms with Crippen molar-refractivity contribution in [2.45, 2.75) is 0 Å². The molecule has 112 valence electrons. The van der Waals surface area contributed by atoms with Crippen molar-refractivity contribution in [2.75, 3.05) is 39.3 Å². The Bertz CT molecular complexity index is 455. The van der Waals surface area contributed by atoms with Gasteiger partial charge in [-0.1, -0.05) is 48.5 Å². The Balaban J connectivity index is 0.000000126. The highest BCUT2D eigenvalue weighted by molar-refractivity contribution is 5.81. The number of fused-ring (bicyclic) bond motifs is 1. The Hall–Kier alpha value is -1.91. The van der Waals surface area contributed by atoms with Gasteiger partial charge in [-0.3, -0.25) is 4.99 Å². The second-order valence-electron chi connectivity index (χ2n) is 4.73. The highest BCUT2D eigenvalue weighted by atomic mass is 16.5. The van der Waals surface area contributed by atoms with Crippen molar-refractivity contribution in [3.8, 4) is 0 Å². The first-order chi connectivity index (χ1) is 10.5. The highest BCUT2D eigenvalue weighted by Crippen LogP contribution is 2.11. The molecule has 2 heterocycles. The van der Waals surface area contributed by atoms with Crippen molar-refractivity contribution < 1.29 is 4.74 Å². The number of nitrogens with zero attached hydrogens (tertiary/aromatic N) is 1. The van der Waals surface area contributed by atoms with E-state index in [2.05, 4.69) is 68.9 Å². The van der Waals surface area contributed by atoms with Gasteiger partial charge in [0.15, 0.2) is 6.40 Å². The quantitative estimate of drug-likeness (QED) is 0.779. The largest absolute Gasteiger partial charge is 0.482 e. The molecule has 4 nitrogen and oxygen atoms in total. The van der Waals surface area contributed by atoms with Crippen LogP contribution in [0, 0.1) is 0 Å². The van der Waals surface area contributed by atoms with Gasteiger partial charge >= 0.3 is 0 Å². The molecule has 4 rings (SSSR count). The molecule has 2 N–H and O–H groups in total. The molecule has 0 unspecified atom stereocenters. The molecule has 2 aliphatic rings. The summed E-state index contributed by atoms with van der Waals surface area (Å²) in [6, 6.07) is 16.7. The van der Waals surface area contributed by atoms with Crippen LogP contribution in [0.15, 0.2) is 53.5 Å². The second kappa shape index (κ2) is 9.91. The number of hydrogen-bond donors (Lipinski definition) is 2. The number of ether oxygens (including phenoxy) is 1. The van der Waals surface area contributed by atoms with E-state index in [4.69, 9.17) is 0 Å². The van der Waals surface area contributed by atoms with Crippen LogP contribution in [-0.2, 0) is 4.74 Å². The fraction of sp³-hybridized carbons (Fsp3) is 0.353. The molecule has 2 aliphatic heterocycles. The molecule has 0 amide bonds. The number of hydrogen-bond acceptors (Lipinski definition) is 4. The van der Waals surface area contributed by atoms with Crippen LogP contribution in [0.5, 0.6) is 0 Å². The van der Waals surface area contributed by atoms with Crippen molar-refractivity contribution in [2.24, 2.45) is 4.99 Å². The molecule has 1 fully saturated rings. The molecule has 2 aromatic rings. The fourth-order valence-corrected chi connectivity index (χ4v) is 2.00. The number of rotatable bonds is 0. The number of benzene rings is 2. The van der Waals surface area contributed by atoms with E-state index in [1.807, 2.05) is 0 Å². The summed E-state index contributed by atoms with van der Waals surface area (Å²) in [6.07, 6.45) is 1.49. The van der Waals surface area contributed by atoms with Crippen molar-refractivity contribution in [3.63, 3.8) is 0 Å². The van der Waals surface area contributed by atoms with Gasteiger partial charge in [0.2, 0.25) is 0 Å². The Morgan fingerprint density at radius 3 is 1.48 bits per heavy atom. The van der Waals surface area contributed by atoms with Crippen LogP contribution in [0.3, 0.4) is 0 Å². The Labute approximate surface area is 126 Å². The molecule has 0 aromatic heterocycles. The summed E-state index contributed by atoms with van der Waals surface area (Å²) in [4.78, 5) is 3.74. The van der Waals surface area contributed by atoms with Gasteiger partial charge in [0, 0.05) is 26.2 Å². The van der Waals surface area contributed by atoms with E-state index in [-0.39, 0.29) is 0 Å². The van der Waals surface area contributed by atoms with Gasteiger partial charge < -0.3 is 15.4 Å². The minimum Gasteiger partial charge on any atom is -0.482 e. The molecule has 0 aliphatic carbocycles. The molecule has 0 bridgehead atoms. The normalized spacial score (nSPS) is 16.2. The summed E-state index contributed by atoms with van der Waals surface area (Å²) in [5.74, 6) is 0. The van der Waals surface area contributed by atoms with Crippen LogP contribution in [0.2, 0.25) is 0 Å². The lowest BCUT2D eigenvalue weighted by atomic mass is 10.1. The third-order valence-electron chi connectivity index (χ3n) is 3.10. The molecule has 0 saturated carbocycles. The van der Waals surface area contributed by atoms with E-state index in [1.54, 1.807) is 0 Å². The second-order valence-corrected chi connectivity index (χ2v) is 4.73. The van der Waals surface area contributed by atoms with Gasteiger partial charge in [0.1, 0.15) is 6.61 Å². The predicted molar refractivity (Wildman–Crippen MR) is 89.0 cm³/mol. The third-order valence-corrected chi connectivity index (χ3v) is 3.10. The van der Waals surface area contributed by atoms with Gasteiger partial charge in [-0.25, -0.2) is 0 Å². The zero-order chi connectivity index (χ0) is 14.6. The molecule has 4 heteroatoms. The minimum absolute atomic E-state index is 0.778. The summed E-state index contributed by atoms with van der Waals surface area (Å²) in [7, 11) is 0. The van der Waals surface area contributed by atoms with Crippen LogP contribution in [0.1, 0.15) is 0 Å². The number of nitrogens with one attached hydrogen (secondary N) is 2. The minimum atomic E-state index is 0.778. The Morgan fingerprint density at radius 2 is 1.24 bits per heavy atom. The molecule has 0 radical (unpaired) electrons. The molecule has 0 atom stereocenters. The summed E-state index contributed by atoms with van der Waals surface area (Å²) in [6.45, 7) is 6.18. The Kier molecular flexibility index (Phi) is 7.30. The van der Waals surface area contributed by atoms with Crippen LogP contribution < -0.4 is 10.6 Å². The van der Waals surface area contributed by atoms with Gasteiger partial charge in [0.25, 0.3) is 0 Å². The molecule has 2 aromatic carbocycles. The summed E-state index contributed by atoms with van der Waals surface area (Å²) in [5, 5.41) is 9.06. The first-order valence-electron chi connectivity index (χ1n) is 7.42. The number of aliphatic imine (C=N–C) groups is 1. The van der Waals surface area contributed by atoms with E-state index in [0.29, 0.717) is 0 Å². The number of piperazine rings is 1. The van der Waals surface area contributed by atoms with E-state index in [9.17, 15) is 0 Å². The summed E-state index contributed by atoms with van der Waals surface area (Å²) >= 11 is 0. The van der Waals surface area contributed by atoms with E-state index in [1.165, 1.54) is 17.2 Å². The zero-order valence-corrected chi connectivity index (χ0v) is 12.3. The topological polar surface area (TPSA) is 45.6 Å². The van der Waals surface area contributed by atoms with Gasteiger partial charge in [-0.15, -0.1) is 0 Å². The molecule has 1 saturated heterocycles. The van der Waals surface area contributed by atoms with Crippen molar-refractivity contribution in [3.05, 3.63) is 48.5 Å². The maximum absolute atomic E-state index is 4.65. The summed E-state index contributed by atoms with van der Waals surface area (Å²) < 4.78 is 4.65. The van der Waals surface area contributed by atoms with Gasteiger partial charge in [-0.2, -0.15) is 0 Å². The maximum Gasteiger partial charge on any atom is 0.169 e. The molecular formula is C17H23N3O. The lowest BCUT2D eigenvalue weighted by Crippen LogP contribution is -2.39. The fourth-order valence-electron chi connectivity index (χ4n) is 2.00. The average molecular weight is 285 g/mol. The van der Waals surface area contributed by atoms with E-state index in [0.717, 1.165) is 39.3 Å². The van der Waals surface area contributed by atoms with Gasteiger partial charge in [-0.05, 0) is 10.8 Å². The van der Waals surface area contributed by atoms with E-state index >= 15 is 0 Å². The maximum atomic E-state index is 4.65. The Morgan fingerprint density at radius 1 is 0.762 bits per heavy atom. The van der Waals surface area contributed by atoms with Crippen LogP contribution in [0.4, 0.5) is 0 Å². The third kappa shape index (κ3) is 6.38.